The lowest BCUT2D eigenvalue weighted by molar-refractivity contribution is -0.137. The lowest BCUT2D eigenvalue weighted by Gasteiger charge is -2.31. The zero-order chi connectivity index (χ0) is 12.5. The van der Waals surface area contributed by atoms with Crippen molar-refractivity contribution in [1.29, 1.82) is 5.26 Å². The van der Waals surface area contributed by atoms with Crippen molar-refractivity contribution in [2.75, 3.05) is 26.7 Å². The predicted molar refractivity (Wildman–Crippen MR) is 65.2 cm³/mol. The summed E-state index contributed by atoms with van der Waals surface area (Å²) < 4.78 is 0. The molecule has 1 amide bonds. The van der Waals surface area contributed by atoms with Crippen LogP contribution in [-0.2, 0) is 4.79 Å². The van der Waals surface area contributed by atoms with Crippen LogP contribution in [-0.4, -0.2) is 48.4 Å². The first-order chi connectivity index (χ1) is 8.13. The van der Waals surface area contributed by atoms with Crippen molar-refractivity contribution in [3.05, 3.63) is 0 Å². The predicted octanol–water partition coefficient (Wildman–Crippen LogP) is 1.23. The highest BCUT2D eigenvalue weighted by Gasteiger charge is 2.53. The maximum atomic E-state index is 12.4. The Kier molecular flexibility index (Phi) is 3.39. The van der Waals surface area contributed by atoms with Crippen LogP contribution in [0.15, 0.2) is 0 Å². The van der Waals surface area contributed by atoms with Gasteiger partial charge in [0.25, 0.3) is 0 Å². The van der Waals surface area contributed by atoms with Gasteiger partial charge in [0.1, 0.15) is 5.41 Å². The fraction of sp³-hybridized carbons (Fsp3) is 0.846. The molecule has 0 N–H and O–H groups in total. The molecule has 2 fully saturated rings. The maximum absolute atomic E-state index is 12.4. The SMILES string of the molecule is CCC1CN(C)CCCN1C(=O)C1(C#N)CC1. The molecule has 4 nitrogen and oxygen atoms in total. The van der Waals surface area contributed by atoms with Crippen LogP contribution in [0.25, 0.3) is 0 Å². The van der Waals surface area contributed by atoms with E-state index >= 15 is 0 Å². The normalized spacial score (nSPS) is 28.3. The molecule has 1 aliphatic heterocycles. The highest BCUT2D eigenvalue weighted by molar-refractivity contribution is 5.88. The smallest absolute Gasteiger partial charge is 0.243 e. The van der Waals surface area contributed by atoms with E-state index < -0.39 is 5.41 Å². The Bertz CT molecular complexity index is 343. The number of carbonyl (C=O) groups is 1. The molecule has 0 spiro atoms. The molecule has 0 bridgehead atoms. The summed E-state index contributed by atoms with van der Waals surface area (Å²) in [5.41, 5.74) is -0.656. The first-order valence-electron chi connectivity index (χ1n) is 6.54. The minimum atomic E-state index is -0.656. The van der Waals surface area contributed by atoms with Crippen molar-refractivity contribution in [3.8, 4) is 6.07 Å². The van der Waals surface area contributed by atoms with Gasteiger partial charge in [-0.15, -0.1) is 0 Å². The highest BCUT2D eigenvalue weighted by atomic mass is 16.2. The number of nitriles is 1. The molecule has 17 heavy (non-hydrogen) atoms. The second-order valence-electron chi connectivity index (χ2n) is 5.37. The third-order valence-corrected chi connectivity index (χ3v) is 4.01. The van der Waals surface area contributed by atoms with Gasteiger partial charge in [-0.3, -0.25) is 4.79 Å². The minimum absolute atomic E-state index is 0.0853. The molecule has 4 heteroatoms. The van der Waals surface area contributed by atoms with E-state index in [1.54, 1.807) is 0 Å². The Balaban J connectivity index is 2.12. The van der Waals surface area contributed by atoms with Crippen molar-refractivity contribution >= 4 is 5.91 Å². The van der Waals surface area contributed by atoms with E-state index in [-0.39, 0.29) is 11.9 Å². The molecule has 1 atom stereocenters. The first kappa shape index (κ1) is 12.4. The number of carbonyl (C=O) groups excluding carboxylic acids is 1. The van der Waals surface area contributed by atoms with Crippen molar-refractivity contribution in [2.45, 2.75) is 38.6 Å². The topological polar surface area (TPSA) is 47.3 Å². The van der Waals surface area contributed by atoms with Crippen molar-refractivity contribution in [3.63, 3.8) is 0 Å². The second-order valence-corrected chi connectivity index (χ2v) is 5.37. The summed E-state index contributed by atoms with van der Waals surface area (Å²) >= 11 is 0. The molecule has 0 aromatic rings. The van der Waals surface area contributed by atoms with Crippen LogP contribution in [0.5, 0.6) is 0 Å². The molecule has 2 rings (SSSR count). The molecule has 94 valence electrons. The maximum Gasteiger partial charge on any atom is 0.243 e. The van der Waals surface area contributed by atoms with Gasteiger partial charge in [0.05, 0.1) is 6.07 Å². The van der Waals surface area contributed by atoms with Gasteiger partial charge in [-0.2, -0.15) is 5.26 Å². The lowest BCUT2D eigenvalue weighted by atomic mass is 10.0. The third-order valence-electron chi connectivity index (χ3n) is 4.01. The van der Waals surface area contributed by atoms with Crippen LogP contribution in [0.3, 0.4) is 0 Å². The standard InChI is InChI=1S/C13H21N3O/c1-3-11-9-15(2)7-4-8-16(11)12(17)13(10-14)5-6-13/h11H,3-9H2,1-2H3. The molecule has 1 unspecified atom stereocenters. The Hall–Kier alpha value is -1.08. The fourth-order valence-corrected chi connectivity index (χ4v) is 2.63. The number of hydrogen-bond donors (Lipinski definition) is 0. The molecule has 1 saturated heterocycles. The Morgan fingerprint density at radius 2 is 2.18 bits per heavy atom. The van der Waals surface area contributed by atoms with Gasteiger partial charge >= 0.3 is 0 Å². The number of rotatable bonds is 2. The van der Waals surface area contributed by atoms with Crippen molar-refractivity contribution in [1.82, 2.24) is 9.80 Å². The Morgan fingerprint density at radius 1 is 1.47 bits per heavy atom. The number of likely N-dealkylation sites (N-methyl/N-ethyl adjacent to an activating group) is 1. The minimum Gasteiger partial charge on any atom is -0.337 e. The van der Waals surface area contributed by atoms with Gasteiger partial charge < -0.3 is 9.80 Å². The molecular weight excluding hydrogens is 214 g/mol. The van der Waals surface area contributed by atoms with E-state index in [4.69, 9.17) is 5.26 Å². The van der Waals surface area contributed by atoms with Gasteiger partial charge in [-0.25, -0.2) is 0 Å². The average molecular weight is 235 g/mol. The van der Waals surface area contributed by atoms with Crippen LogP contribution >= 0.6 is 0 Å². The first-order valence-corrected chi connectivity index (χ1v) is 6.54. The summed E-state index contributed by atoms with van der Waals surface area (Å²) in [4.78, 5) is 16.7. The molecule has 1 heterocycles. The number of hydrogen-bond acceptors (Lipinski definition) is 3. The van der Waals surface area contributed by atoms with Gasteiger partial charge in [0.15, 0.2) is 0 Å². The summed E-state index contributed by atoms with van der Waals surface area (Å²) in [5.74, 6) is 0.0853. The third kappa shape index (κ3) is 2.30. The molecule has 1 aliphatic carbocycles. The van der Waals surface area contributed by atoms with Gasteiger partial charge in [0.2, 0.25) is 5.91 Å². The second kappa shape index (κ2) is 4.66. The van der Waals surface area contributed by atoms with Crippen LogP contribution in [0, 0.1) is 16.7 Å². The quantitative estimate of drug-likeness (QED) is 0.723. The van der Waals surface area contributed by atoms with Gasteiger partial charge in [-0.05, 0) is 39.3 Å². The van der Waals surface area contributed by atoms with Crippen LogP contribution in [0.4, 0.5) is 0 Å². The largest absolute Gasteiger partial charge is 0.337 e. The van der Waals surface area contributed by atoms with E-state index in [9.17, 15) is 4.79 Å². The van der Waals surface area contributed by atoms with Crippen LogP contribution in [0.1, 0.15) is 32.6 Å². The van der Waals surface area contributed by atoms with E-state index in [1.165, 1.54) is 0 Å². The molecule has 2 aliphatic rings. The summed E-state index contributed by atoms with van der Waals surface area (Å²) in [6.07, 6.45) is 3.49. The summed E-state index contributed by atoms with van der Waals surface area (Å²) in [6, 6.07) is 2.50. The Morgan fingerprint density at radius 3 is 2.71 bits per heavy atom. The molecule has 0 radical (unpaired) electrons. The molecular formula is C13H21N3O. The van der Waals surface area contributed by atoms with Crippen LogP contribution in [0.2, 0.25) is 0 Å². The summed E-state index contributed by atoms with van der Waals surface area (Å²) in [5, 5.41) is 9.13. The lowest BCUT2D eigenvalue weighted by Crippen LogP contribution is -2.46. The van der Waals surface area contributed by atoms with Gasteiger partial charge in [-0.1, -0.05) is 6.92 Å². The van der Waals surface area contributed by atoms with E-state index in [0.717, 1.165) is 45.3 Å². The summed E-state index contributed by atoms with van der Waals surface area (Å²) in [6.45, 7) is 4.91. The van der Waals surface area contributed by atoms with Crippen LogP contribution < -0.4 is 0 Å². The number of amides is 1. The zero-order valence-electron chi connectivity index (χ0n) is 10.8. The summed E-state index contributed by atoms with van der Waals surface area (Å²) in [7, 11) is 2.10. The molecule has 0 aromatic heterocycles. The highest BCUT2D eigenvalue weighted by Crippen LogP contribution is 2.47. The van der Waals surface area contributed by atoms with Gasteiger partial charge in [0, 0.05) is 19.1 Å². The van der Waals surface area contributed by atoms with E-state index in [1.807, 2.05) is 4.90 Å². The molecule has 0 aromatic carbocycles. The zero-order valence-corrected chi connectivity index (χ0v) is 10.8. The number of nitrogens with zero attached hydrogens (tertiary/aromatic N) is 3. The average Bonchev–Trinajstić information content (AvgIpc) is 3.12. The van der Waals surface area contributed by atoms with Crippen molar-refractivity contribution < 1.29 is 4.79 Å². The Labute approximate surface area is 103 Å². The monoisotopic (exact) mass is 235 g/mol. The fourth-order valence-electron chi connectivity index (χ4n) is 2.63. The van der Waals surface area contributed by atoms with E-state index in [0.29, 0.717) is 0 Å². The van der Waals surface area contributed by atoms with E-state index in [2.05, 4.69) is 24.9 Å². The van der Waals surface area contributed by atoms with Crippen molar-refractivity contribution in [2.24, 2.45) is 5.41 Å². The molecule has 1 saturated carbocycles.